The van der Waals surface area contributed by atoms with Crippen molar-refractivity contribution in [2.24, 2.45) is 0 Å². The summed E-state index contributed by atoms with van der Waals surface area (Å²) < 4.78 is 0. The molecule has 0 spiro atoms. The Bertz CT molecular complexity index is 676. The molecule has 0 saturated carbocycles. The first-order valence-corrected chi connectivity index (χ1v) is 7.19. The van der Waals surface area contributed by atoms with Gasteiger partial charge in [0.25, 0.3) is 0 Å². The molecule has 0 saturated heterocycles. The lowest BCUT2D eigenvalue weighted by Gasteiger charge is -1.98. The van der Waals surface area contributed by atoms with Crippen molar-refractivity contribution in [1.82, 2.24) is 0 Å². The Morgan fingerprint density at radius 1 is 0.947 bits per heavy atom. The van der Waals surface area contributed by atoms with Crippen molar-refractivity contribution in [2.45, 2.75) is 11.8 Å². The third kappa shape index (κ3) is 3.44. The Hall–Kier alpha value is -2.09. The minimum absolute atomic E-state index is 0.926. The minimum Gasteiger partial charge on any atom is -0.130 e. The Morgan fingerprint density at radius 3 is 2.16 bits per heavy atom. The SMILES string of the molecule is C#Cc1ccc(C#Cc2ccc(SC)cc2)cc1C. The molecule has 19 heavy (non-hydrogen) atoms. The van der Waals surface area contributed by atoms with Crippen LogP contribution in [0.15, 0.2) is 47.4 Å². The van der Waals surface area contributed by atoms with Crippen LogP contribution in [0.4, 0.5) is 0 Å². The van der Waals surface area contributed by atoms with E-state index in [9.17, 15) is 0 Å². The van der Waals surface area contributed by atoms with Gasteiger partial charge in [0.15, 0.2) is 0 Å². The van der Waals surface area contributed by atoms with Gasteiger partial charge in [-0.05, 0) is 61.2 Å². The van der Waals surface area contributed by atoms with E-state index in [1.165, 1.54) is 4.90 Å². The maximum absolute atomic E-state index is 5.41. The second-order valence-corrected chi connectivity index (χ2v) is 5.03. The number of aryl methyl sites for hydroxylation is 1. The zero-order valence-electron chi connectivity index (χ0n) is 11.0. The molecular weight excluding hydrogens is 248 g/mol. The highest BCUT2D eigenvalue weighted by molar-refractivity contribution is 7.98. The van der Waals surface area contributed by atoms with Crippen LogP contribution in [0.25, 0.3) is 0 Å². The van der Waals surface area contributed by atoms with Crippen LogP contribution in [-0.4, -0.2) is 6.26 Å². The molecule has 0 aliphatic rings. The van der Waals surface area contributed by atoms with Gasteiger partial charge in [-0.25, -0.2) is 0 Å². The largest absolute Gasteiger partial charge is 0.130 e. The van der Waals surface area contributed by atoms with E-state index in [0.29, 0.717) is 0 Å². The van der Waals surface area contributed by atoms with Gasteiger partial charge in [0.05, 0.1) is 0 Å². The molecule has 0 N–H and O–H groups in total. The summed E-state index contributed by atoms with van der Waals surface area (Å²) >= 11 is 1.73. The van der Waals surface area contributed by atoms with E-state index in [1.54, 1.807) is 11.8 Å². The lowest BCUT2D eigenvalue weighted by Crippen LogP contribution is -1.84. The fourth-order valence-corrected chi connectivity index (χ4v) is 2.13. The third-order valence-corrected chi connectivity index (χ3v) is 3.57. The first kappa shape index (κ1) is 13.3. The number of benzene rings is 2. The monoisotopic (exact) mass is 262 g/mol. The molecule has 0 aromatic heterocycles. The molecule has 0 fully saturated rings. The van der Waals surface area contributed by atoms with E-state index in [2.05, 4.69) is 36.1 Å². The highest BCUT2D eigenvalue weighted by atomic mass is 32.2. The topological polar surface area (TPSA) is 0 Å². The molecule has 0 unspecified atom stereocenters. The minimum atomic E-state index is 0.926. The smallest absolute Gasteiger partial charge is 0.0272 e. The van der Waals surface area contributed by atoms with Crippen molar-refractivity contribution in [3.63, 3.8) is 0 Å². The van der Waals surface area contributed by atoms with E-state index >= 15 is 0 Å². The average molecular weight is 262 g/mol. The number of terminal acetylenes is 1. The fraction of sp³-hybridized carbons (Fsp3) is 0.111. The van der Waals surface area contributed by atoms with Gasteiger partial charge < -0.3 is 0 Å². The summed E-state index contributed by atoms with van der Waals surface area (Å²) in [6.45, 7) is 2.01. The number of rotatable bonds is 1. The predicted octanol–water partition coefficient (Wildman–Crippen LogP) is 4.10. The van der Waals surface area contributed by atoms with Gasteiger partial charge in [-0.3, -0.25) is 0 Å². The van der Waals surface area contributed by atoms with Crippen molar-refractivity contribution in [3.05, 3.63) is 64.7 Å². The summed E-state index contributed by atoms with van der Waals surface area (Å²) in [5, 5.41) is 0. The van der Waals surface area contributed by atoms with Gasteiger partial charge in [0.1, 0.15) is 0 Å². The number of hydrogen-bond donors (Lipinski definition) is 0. The van der Waals surface area contributed by atoms with Crippen LogP contribution in [-0.2, 0) is 0 Å². The van der Waals surface area contributed by atoms with Gasteiger partial charge in [-0.15, -0.1) is 18.2 Å². The highest BCUT2D eigenvalue weighted by Gasteiger charge is 1.95. The molecule has 2 aromatic rings. The molecule has 0 aliphatic heterocycles. The third-order valence-electron chi connectivity index (χ3n) is 2.82. The molecule has 0 radical (unpaired) electrons. The molecule has 1 heteroatoms. The van der Waals surface area contributed by atoms with Crippen LogP contribution in [0, 0.1) is 31.1 Å². The standard InChI is InChI=1S/C18H14S/c1-4-17-10-7-16(13-14(17)2)6-5-15-8-11-18(19-3)12-9-15/h1,7-13H,2-3H3. The molecular formula is C18H14S. The van der Waals surface area contributed by atoms with Crippen LogP contribution in [0.5, 0.6) is 0 Å². The Labute approximate surface area is 119 Å². The molecule has 92 valence electrons. The molecule has 0 amide bonds. The van der Waals surface area contributed by atoms with Crippen molar-refractivity contribution in [3.8, 4) is 24.2 Å². The van der Waals surface area contributed by atoms with Crippen LogP contribution in [0.1, 0.15) is 22.3 Å². The molecule has 0 heterocycles. The van der Waals surface area contributed by atoms with Crippen molar-refractivity contribution in [2.75, 3.05) is 6.26 Å². The zero-order chi connectivity index (χ0) is 13.7. The van der Waals surface area contributed by atoms with Gasteiger partial charge in [-0.1, -0.05) is 17.8 Å². The van der Waals surface area contributed by atoms with Gasteiger partial charge in [0, 0.05) is 21.6 Å². The lowest BCUT2D eigenvalue weighted by molar-refractivity contribution is 1.42. The summed E-state index contributed by atoms with van der Waals surface area (Å²) in [6, 6.07) is 14.2. The summed E-state index contributed by atoms with van der Waals surface area (Å²) in [7, 11) is 0. The molecule has 0 nitrogen and oxygen atoms in total. The van der Waals surface area contributed by atoms with Crippen LogP contribution < -0.4 is 0 Å². The fourth-order valence-electron chi connectivity index (χ4n) is 1.72. The van der Waals surface area contributed by atoms with Crippen LogP contribution in [0.2, 0.25) is 0 Å². The van der Waals surface area contributed by atoms with E-state index < -0.39 is 0 Å². The van der Waals surface area contributed by atoms with Gasteiger partial charge >= 0.3 is 0 Å². The summed E-state index contributed by atoms with van der Waals surface area (Å²) in [5.74, 6) is 8.99. The van der Waals surface area contributed by atoms with Crippen LogP contribution in [0.3, 0.4) is 0 Å². The van der Waals surface area contributed by atoms with Crippen LogP contribution >= 0.6 is 11.8 Å². The Balaban J connectivity index is 2.24. The van der Waals surface area contributed by atoms with E-state index in [0.717, 1.165) is 22.3 Å². The normalized spacial score (nSPS) is 9.32. The first-order chi connectivity index (χ1) is 9.22. The number of thioether (sulfide) groups is 1. The first-order valence-electron chi connectivity index (χ1n) is 5.96. The molecule has 2 aromatic carbocycles. The molecule has 2 rings (SSSR count). The second-order valence-electron chi connectivity index (χ2n) is 4.15. The quantitative estimate of drug-likeness (QED) is 0.551. The Kier molecular flexibility index (Phi) is 4.35. The highest BCUT2D eigenvalue weighted by Crippen LogP contribution is 2.14. The zero-order valence-corrected chi connectivity index (χ0v) is 11.8. The van der Waals surface area contributed by atoms with Gasteiger partial charge in [-0.2, -0.15) is 0 Å². The second kappa shape index (κ2) is 6.19. The molecule has 0 atom stereocenters. The van der Waals surface area contributed by atoms with Crippen molar-refractivity contribution < 1.29 is 0 Å². The van der Waals surface area contributed by atoms with Crippen molar-refractivity contribution >= 4 is 11.8 Å². The predicted molar refractivity (Wildman–Crippen MR) is 83.3 cm³/mol. The van der Waals surface area contributed by atoms with E-state index in [1.807, 2.05) is 37.3 Å². The maximum Gasteiger partial charge on any atom is 0.0272 e. The summed E-state index contributed by atoms with van der Waals surface area (Å²) in [5.41, 5.74) is 4.03. The van der Waals surface area contributed by atoms with Gasteiger partial charge in [0.2, 0.25) is 0 Å². The Morgan fingerprint density at radius 2 is 1.58 bits per heavy atom. The van der Waals surface area contributed by atoms with E-state index in [-0.39, 0.29) is 0 Å². The molecule has 0 aliphatic carbocycles. The summed E-state index contributed by atoms with van der Waals surface area (Å²) in [6.07, 6.45) is 7.47. The maximum atomic E-state index is 5.41. The number of hydrogen-bond acceptors (Lipinski definition) is 1. The average Bonchev–Trinajstić information content (AvgIpc) is 2.46. The van der Waals surface area contributed by atoms with E-state index in [4.69, 9.17) is 6.42 Å². The van der Waals surface area contributed by atoms with Crippen molar-refractivity contribution in [1.29, 1.82) is 0 Å². The molecule has 0 bridgehead atoms. The summed E-state index contributed by atoms with van der Waals surface area (Å²) in [4.78, 5) is 1.25. The lowest BCUT2D eigenvalue weighted by atomic mass is 10.1.